The maximum absolute atomic E-state index is 12.9. The number of ether oxygens (including phenoxy) is 2. The molecule has 1 aliphatic rings. The van der Waals surface area contributed by atoms with Crippen molar-refractivity contribution in [2.45, 2.75) is 13.0 Å². The highest BCUT2D eigenvalue weighted by atomic mass is 32.1. The third kappa shape index (κ3) is 2.94. The van der Waals surface area contributed by atoms with Gasteiger partial charge in [-0.2, -0.15) is 0 Å². The first-order valence-electron chi connectivity index (χ1n) is 8.31. The molecule has 0 saturated carbocycles. The van der Waals surface area contributed by atoms with Crippen molar-refractivity contribution < 1.29 is 14.3 Å². The van der Waals surface area contributed by atoms with Crippen LogP contribution in [-0.4, -0.2) is 41.1 Å². The SMILES string of the molecule is COc1cc2c(cc1OC)CN(C(=O)c1csc(-n3cccc3)n1)CC2. The molecule has 7 heteroatoms. The van der Waals surface area contributed by atoms with Crippen LogP contribution in [0.4, 0.5) is 0 Å². The lowest BCUT2D eigenvalue weighted by molar-refractivity contribution is 0.0729. The smallest absolute Gasteiger partial charge is 0.273 e. The van der Waals surface area contributed by atoms with Crippen molar-refractivity contribution in [1.82, 2.24) is 14.5 Å². The second-order valence-corrected chi connectivity index (χ2v) is 6.89. The molecule has 0 fully saturated rings. The predicted molar refractivity (Wildman–Crippen MR) is 99.4 cm³/mol. The van der Waals surface area contributed by atoms with Crippen LogP contribution in [-0.2, 0) is 13.0 Å². The minimum atomic E-state index is -0.0416. The lowest BCUT2D eigenvalue weighted by Crippen LogP contribution is -2.36. The van der Waals surface area contributed by atoms with Crippen LogP contribution in [0.15, 0.2) is 42.0 Å². The summed E-state index contributed by atoms with van der Waals surface area (Å²) in [6, 6.07) is 7.83. The maximum atomic E-state index is 12.9. The number of rotatable bonds is 4. The molecule has 0 radical (unpaired) electrons. The lowest BCUT2D eigenvalue weighted by atomic mass is 9.98. The Morgan fingerprint density at radius 3 is 2.50 bits per heavy atom. The zero-order valence-electron chi connectivity index (χ0n) is 14.6. The van der Waals surface area contributed by atoms with E-state index < -0.39 is 0 Å². The number of carbonyl (C=O) groups excluding carboxylic acids is 1. The molecule has 3 aromatic rings. The average molecular weight is 369 g/mol. The Morgan fingerprint density at radius 2 is 1.81 bits per heavy atom. The minimum Gasteiger partial charge on any atom is -0.493 e. The Kier molecular flexibility index (Phi) is 4.38. The largest absolute Gasteiger partial charge is 0.493 e. The van der Waals surface area contributed by atoms with E-state index in [4.69, 9.17) is 9.47 Å². The summed E-state index contributed by atoms with van der Waals surface area (Å²) in [5.41, 5.74) is 2.77. The van der Waals surface area contributed by atoms with Gasteiger partial charge in [-0.25, -0.2) is 4.98 Å². The third-order valence-electron chi connectivity index (χ3n) is 4.54. The highest BCUT2D eigenvalue weighted by Gasteiger charge is 2.25. The van der Waals surface area contributed by atoms with Crippen LogP contribution in [0.5, 0.6) is 11.5 Å². The van der Waals surface area contributed by atoms with E-state index in [1.807, 2.05) is 51.5 Å². The van der Waals surface area contributed by atoms with Gasteiger partial charge in [0.1, 0.15) is 5.69 Å². The first-order chi connectivity index (χ1) is 12.7. The number of hydrogen-bond donors (Lipinski definition) is 0. The Hall–Kier alpha value is -2.80. The van der Waals surface area contributed by atoms with Crippen LogP contribution < -0.4 is 9.47 Å². The summed E-state index contributed by atoms with van der Waals surface area (Å²) in [7, 11) is 3.25. The zero-order valence-corrected chi connectivity index (χ0v) is 15.5. The van der Waals surface area contributed by atoms with Crippen LogP contribution in [0.3, 0.4) is 0 Å². The van der Waals surface area contributed by atoms with Crippen LogP contribution in [0.1, 0.15) is 21.6 Å². The molecule has 134 valence electrons. The Labute approximate surface area is 155 Å². The van der Waals surface area contributed by atoms with E-state index in [1.165, 1.54) is 16.9 Å². The second kappa shape index (κ2) is 6.84. The van der Waals surface area contributed by atoms with E-state index in [0.717, 1.165) is 22.9 Å². The number of amides is 1. The molecule has 6 nitrogen and oxygen atoms in total. The molecule has 1 aromatic carbocycles. The highest BCUT2D eigenvalue weighted by Crippen LogP contribution is 2.33. The van der Waals surface area contributed by atoms with Crippen LogP contribution in [0.25, 0.3) is 5.13 Å². The van der Waals surface area contributed by atoms with Gasteiger partial charge in [0.15, 0.2) is 16.6 Å². The van der Waals surface area contributed by atoms with Crippen molar-refractivity contribution >= 4 is 17.2 Å². The normalized spacial score (nSPS) is 13.4. The summed E-state index contributed by atoms with van der Waals surface area (Å²) in [4.78, 5) is 19.2. The van der Waals surface area contributed by atoms with Crippen LogP contribution >= 0.6 is 11.3 Å². The highest BCUT2D eigenvalue weighted by molar-refractivity contribution is 7.12. The van der Waals surface area contributed by atoms with Gasteiger partial charge >= 0.3 is 0 Å². The number of fused-ring (bicyclic) bond motifs is 1. The predicted octanol–water partition coefficient (Wildman–Crippen LogP) is 3.15. The quantitative estimate of drug-likeness (QED) is 0.709. The molecule has 2 aromatic heterocycles. The lowest BCUT2D eigenvalue weighted by Gasteiger charge is -2.29. The topological polar surface area (TPSA) is 56.6 Å². The summed E-state index contributed by atoms with van der Waals surface area (Å²) in [6.45, 7) is 1.21. The fraction of sp³-hybridized carbons (Fsp3) is 0.263. The van der Waals surface area contributed by atoms with E-state index in [2.05, 4.69) is 4.98 Å². The molecule has 1 amide bonds. The number of benzene rings is 1. The van der Waals surface area contributed by atoms with Crippen molar-refractivity contribution in [2.24, 2.45) is 0 Å². The van der Waals surface area contributed by atoms with Crippen molar-refractivity contribution in [3.63, 3.8) is 0 Å². The van der Waals surface area contributed by atoms with E-state index in [1.54, 1.807) is 14.2 Å². The number of hydrogen-bond acceptors (Lipinski definition) is 5. The van der Waals surface area contributed by atoms with Gasteiger partial charge in [0, 0.05) is 30.9 Å². The van der Waals surface area contributed by atoms with Gasteiger partial charge in [0.05, 0.1) is 14.2 Å². The Morgan fingerprint density at radius 1 is 1.12 bits per heavy atom. The van der Waals surface area contributed by atoms with Gasteiger partial charge in [-0.05, 0) is 41.8 Å². The maximum Gasteiger partial charge on any atom is 0.273 e. The summed E-state index contributed by atoms with van der Waals surface area (Å²) >= 11 is 1.46. The van der Waals surface area contributed by atoms with Gasteiger partial charge in [-0.3, -0.25) is 4.79 Å². The zero-order chi connectivity index (χ0) is 18.1. The fourth-order valence-electron chi connectivity index (χ4n) is 3.16. The fourth-order valence-corrected chi connectivity index (χ4v) is 3.93. The summed E-state index contributed by atoms with van der Waals surface area (Å²) in [5, 5.41) is 2.61. The van der Waals surface area contributed by atoms with Crippen molar-refractivity contribution in [3.8, 4) is 16.6 Å². The van der Waals surface area contributed by atoms with Crippen LogP contribution in [0, 0.1) is 0 Å². The first kappa shape index (κ1) is 16.7. The summed E-state index contributed by atoms with van der Waals surface area (Å²) < 4.78 is 12.7. The molecule has 26 heavy (non-hydrogen) atoms. The molecule has 0 unspecified atom stereocenters. The molecule has 0 saturated heterocycles. The molecular weight excluding hydrogens is 350 g/mol. The molecule has 0 aliphatic carbocycles. The van der Waals surface area contributed by atoms with Crippen molar-refractivity contribution in [1.29, 1.82) is 0 Å². The molecule has 3 heterocycles. The average Bonchev–Trinajstić information content (AvgIpc) is 3.37. The Bertz CT molecular complexity index is 934. The molecule has 0 N–H and O–H groups in total. The van der Waals surface area contributed by atoms with E-state index in [-0.39, 0.29) is 5.91 Å². The molecule has 0 spiro atoms. The van der Waals surface area contributed by atoms with Crippen molar-refractivity contribution in [2.75, 3.05) is 20.8 Å². The number of carbonyl (C=O) groups is 1. The number of methoxy groups -OCH3 is 2. The van der Waals surface area contributed by atoms with Crippen LogP contribution in [0.2, 0.25) is 0 Å². The van der Waals surface area contributed by atoms with Gasteiger partial charge < -0.3 is 18.9 Å². The van der Waals surface area contributed by atoms with Crippen molar-refractivity contribution in [3.05, 3.63) is 58.9 Å². The molecule has 4 rings (SSSR count). The summed E-state index contributed by atoms with van der Waals surface area (Å²) in [6.07, 6.45) is 4.63. The van der Waals surface area contributed by atoms with E-state index in [0.29, 0.717) is 24.5 Å². The van der Waals surface area contributed by atoms with Gasteiger partial charge in [0.25, 0.3) is 5.91 Å². The second-order valence-electron chi connectivity index (χ2n) is 6.06. The van der Waals surface area contributed by atoms with Gasteiger partial charge in [-0.1, -0.05) is 0 Å². The summed E-state index contributed by atoms with van der Waals surface area (Å²) in [5.74, 6) is 1.37. The molecular formula is C19H19N3O3S. The standard InChI is InChI=1S/C19H19N3O3S/c1-24-16-9-13-5-8-22(11-14(13)10-17(16)25-2)18(23)15-12-26-19(20-15)21-6-3-4-7-21/h3-4,6-7,9-10,12H,5,8,11H2,1-2H3. The van der Waals surface area contributed by atoms with Gasteiger partial charge in [-0.15, -0.1) is 11.3 Å². The van der Waals surface area contributed by atoms with E-state index in [9.17, 15) is 4.79 Å². The molecule has 0 bridgehead atoms. The number of thiazole rings is 1. The number of nitrogens with zero attached hydrogens (tertiary/aromatic N) is 3. The monoisotopic (exact) mass is 369 g/mol. The molecule has 0 atom stereocenters. The number of aromatic nitrogens is 2. The minimum absolute atomic E-state index is 0.0416. The molecule has 1 aliphatic heterocycles. The Balaban J connectivity index is 1.56. The first-order valence-corrected chi connectivity index (χ1v) is 9.19. The third-order valence-corrected chi connectivity index (χ3v) is 5.40. The van der Waals surface area contributed by atoms with Gasteiger partial charge in [0.2, 0.25) is 0 Å². The van der Waals surface area contributed by atoms with E-state index >= 15 is 0 Å².